The van der Waals surface area contributed by atoms with Crippen molar-refractivity contribution >= 4 is 32.4 Å². The lowest BCUT2D eigenvalue weighted by Crippen LogP contribution is -2.29. The number of nitrogens with zero attached hydrogens (tertiary/aromatic N) is 2. The molecule has 0 aliphatic rings. The topological polar surface area (TPSA) is 101 Å². The molecule has 0 saturated carbocycles. The van der Waals surface area contributed by atoms with E-state index in [1.54, 1.807) is 20.8 Å². The van der Waals surface area contributed by atoms with E-state index in [1.165, 1.54) is 0 Å². The molecule has 148 valence electrons. The summed E-state index contributed by atoms with van der Waals surface area (Å²) in [6.45, 7) is 9.36. The minimum atomic E-state index is -3.86. The van der Waals surface area contributed by atoms with Gasteiger partial charge in [-0.15, -0.1) is 10.2 Å². The van der Waals surface area contributed by atoms with Crippen LogP contribution in [0.15, 0.2) is 34.7 Å². The fourth-order valence-corrected chi connectivity index (χ4v) is 4.45. The predicted molar refractivity (Wildman–Crippen MR) is 107 cm³/mol. The summed E-state index contributed by atoms with van der Waals surface area (Å²) in [5.41, 5.74) is 0.277. The van der Waals surface area contributed by atoms with Gasteiger partial charge in [0.25, 0.3) is 10.0 Å². The van der Waals surface area contributed by atoms with E-state index < -0.39 is 15.4 Å². The maximum absolute atomic E-state index is 12.8. The molecule has 2 rings (SSSR count). The second kappa shape index (κ2) is 8.45. The van der Waals surface area contributed by atoms with E-state index in [9.17, 15) is 13.2 Å². The molecule has 1 aromatic carbocycles. The molecule has 0 unspecified atom stereocenters. The van der Waals surface area contributed by atoms with E-state index in [4.69, 9.17) is 0 Å². The summed E-state index contributed by atoms with van der Waals surface area (Å²) in [6, 6.07) is 9.06. The second-order valence-corrected chi connectivity index (χ2v) is 10.7. The zero-order valence-corrected chi connectivity index (χ0v) is 17.8. The summed E-state index contributed by atoms with van der Waals surface area (Å²) < 4.78 is 28.1. The van der Waals surface area contributed by atoms with Crippen molar-refractivity contribution in [3.8, 4) is 0 Å². The van der Waals surface area contributed by atoms with Crippen LogP contribution in [0.5, 0.6) is 0 Å². The molecule has 0 aliphatic heterocycles. The smallest absolute Gasteiger partial charge is 0.270 e. The zero-order chi connectivity index (χ0) is 20.2. The summed E-state index contributed by atoms with van der Waals surface area (Å²) in [4.78, 5) is 12.0. The van der Waals surface area contributed by atoms with E-state index >= 15 is 0 Å². The molecule has 1 aromatic heterocycles. The number of amides is 1. The lowest BCUT2D eigenvalue weighted by atomic mass is 9.96. The van der Waals surface area contributed by atoms with E-state index in [-0.39, 0.29) is 21.4 Å². The summed E-state index contributed by atoms with van der Waals surface area (Å²) in [7, 11) is -3.86. The lowest BCUT2D eigenvalue weighted by molar-refractivity contribution is -0.123. The first-order valence-corrected chi connectivity index (χ1v) is 11.0. The predicted octanol–water partition coefficient (Wildman–Crippen LogP) is 3.59. The number of hydrogen-bond acceptors (Lipinski definition) is 6. The molecule has 0 spiro atoms. The second-order valence-electron chi connectivity index (χ2n) is 7.79. The van der Waals surface area contributed by atoms with Gasteiger partial charge in [-0.1, -0.05) is 76.3 Å². The molecule has 1 atom stereocenters. The van der Waals surface area contributed by atoms with Crippen LogP contribution in [0, 0.1) is 11.3 Å². The standard InChI is InChI=1S/C18H26N4O3S2/c1-12(2)11-14(13-9-7-6-8-10-13)22-27(24,25)17-21-20-16(26-17)19-15(23)18(3,4)5/h6-10,12,14,22H,11H2,1-5H3,(H,19,20,23)/t14-/m1/s1. The number of hydrogen-bond donors (Lipinski definition) is 2. The lowest BCUT2D eigenvalue weighted by Gasteiger charge is -2.20. The van der Waals surface area contributed by atoms with Gasteiger partial charge in [0.1, 0.15) is 0 Å². The molecular weight excluding hydrogens is 384 g/mol. The Balaban J connectivity index is 2.20. The van der Waals surface area contributed by atoms with E-state index in [0.29, 0.717) is 12.3 Å². The van der Waals surface area contributed by atoms with Gasteiger partial charge in [-0.25, -0.2) is 13.1 Å². The van der Waals surface area contributed by atoms with Gasteiger partial charge < -0.3 is 5.32 Å². The molecule has 0 radical (unpaired) electrons. The quantitative estimate of drug-likeness (QED) is 0.679. The van der Waals surface area contributed by atoms with Crippen LogP contribution in [0.25, 0.3) is 0 Å². The zero-order valence-electron chi connectivity index (χ0n) is 16.2. The fourth-order valence-electron chi connectivity index (χ4n) is 2.30. The van der Waals surface area contributed by atoms with Gasteiger partial charge >= 0.3 is 0 Å². The number of benzene rings is 1. The largest absolute Gasteiger partial charge is 0.300 e. The van der Waals surface area contributed by atoms with Crippen molar-refractivity contribution in [3.63, 3.8) is 0 Å². The summed E-state index contributed by atoms with van der Waals surface area (Å²) in [5, 5.41) is 10.3. The van der Waals surface area contributed by atoms with Gasteiger partial charge in [-0.3, -0.25) is 4.79 Å². The Morgan fingerprint density at radius 3 is 2.33 bits per heavy atom. The van der Waals surface area contributed by atoms with Gasteiger partial charge in [0, 0.05) is 11.5 Å². The van der Waals surface area contributed by atoms with Crippen molar-refractivity contribution in [1.82, 2.24) is 14.9 Å². The van der Waals surface area contributed by atoms with E-state index in [0.717, 1.165) is 16.9 Å². The highest BCUT2D eigenvalue weighted by atomic mass is 32.2. The molecule has 27 heavy (non-hydrogen) atoms. The van der Waals surface area contributed by atoms with Crippen molar-refractivity contribution in [2.24, 2.45) is 11.3 Å². The average Bonchev–Trinajstić information content (AvgIpc) is 3.03. The molecule has 0 aliphatic carbocycles. The van der Waals surface area contributed by atoms with Gasteiger partial charge in [0.2, 0.25) is 15.4 Å². The number of aromatic nitrogens is 2. The first-order valence-electron chi connectivity index (χ1n) is 8.71. The third-order valence-corrected chi connectivity index (χ3v) is 6.42. The summed E-state index contributed by atoms with van der Waals surface area (Å²) in [6.07, 6.45) is 0.648. The number of sulfonamides is 1. The van der Waals surface area contributed by atoms with Gasteiger partial charge in [0.15, 0.2) is 0 Å². The first kappa shape index (κ1) is 21.5. The van der Waals surface area contributed by atoms with Crippen LogP contribution in [0.1, 0.15) is 52.6 Å². The minimum absolute atomic E-state index is 0.162. The van der Waals surface area contributed by atoms with Crippen molar-refractivity contribution in [1.29, 1.82) is 0 Å². The maximum atomic E-state index is 12.8. The van der Waals surface area contributed by atoms with Crippen molar-refractivity contribution in [2.75, 3.05) is 5.32 Å². The Bertz CT molecular complexity index is 872. The molecule has 1 amide bonds. The van der Waals surface area contributed by atoms with Crippen molar-refractivity contribution in [3.05, 3.63) is 35.9 Å². The number of carbonyl (C=O) groups excluding carboxylic acids is 1. The van der Waals surface area contributed by atoms with Crippen molar-refractivity contribution in [2.45, 2.75) is 51.4 Å². The summed E-state index contributed by atoms with van der Waals surface area (Å²) in [5.74, 6) is 0.0477. The van der Waals surface area contributed by atoms with Gasteiger partial charge in [-0.2, -0.15) is 0 Å². The monoisotopic (exact) mass is 410 g/mol. The van der Waals surface area contributed by atoms with Crippen LogP contribution in [-0.2, 0) is 14.8 Å². The average molecular weight is 411 g/mol. The summed E-state index contributed by atoms with van der Waals surface area (Å²) >= 11 is 0.836. The van der Waals surface area contributed by atoms with Crippen LogP contribution in [-0.4, -0.2) is 24.5 Å². The van der Waals surface area contributed by atoms with Gasteiger partial charge in [-0.05, 0) is 17.9 Å². The molecule has 2 N–H and O–H groups in total. The molecule has 0 fully saturated rings. The molecule has 9 heteroatoms. The number of carbonyl (C=O) groups is 1. The fraction of sp³-hybridized carbons (Fsp3) is 0.500. The Kier molecular flexibility index (Phi) is 6.72. The molecule has 0 saturated heterocycles. The molecule has 2 aromatic rings. The molecule has 0 bridgehead atoms. The van der Waals surface area contributed by atoms with Crippen molar-refractivity contribution < 1.29 is 13.2 Å². The van der Waals surface area contributed by atoms with Crippen LogP contribution < -0.4 is 10.0 Å². The maximum Gasteiger partial charge on any atom is 0.270 e. The number of anilines is 1. The highest BCUT2D eigenvalue weighted by Crippen LogP contribution is 2.27. The highest BCUT2D eigenvalue weighted by Gasteiger charge is 2.27. The third-order valence-electron chi connectivity index (χ3n) is 3.74. The normalized spacial score (nSPS) is 13.6. The minimum Gasteiger partial charge on any atom is -0.300 e. The van der Waals surface area contributed by atoms with Crippen LogP contribution >= 0.6 is 11.3 Å². The van der Waals surface area contributed by atoms with E-state index in [2.05, 4.69) is 20.2 Å². The first-order chi connectivity index (χ1) is 12.5. The van der Waals surface area contributed by atoms with E-state index in [1.807, 2.05) is 44.2 Å². The third kappa shape index (κ3) is 6.08. The Labute approximate surface area is 164 Å². The number of nitrogens with one attached hydrogen (secondary N) is 2. The Morgan fingerprint density at radius 2 is 1.78 bits per heavy atom. The van der Waals surface area contributed by atoms with Crippen LogP contribution in [0.4, 0.5) is 5.13 Å². The van der Waals surface area contributed by atoms with Crippen LogP contribution in [0.3, 0.4) is 0 Å². The van der Waals surface area contributed by atoms with Crippen LogP contribution in [0.2, 0.25) is 0 Å². The Morgan fingerprint density at radius 1 is 1.15 bits per heavy atom. The van der Waals surface area contributed by atoms with Gasteiger partial charge in [0.05, 0.1) is 0 Å². The SMILES string of the molecule is CC(C)C[C@@H](NS(=O)(=O)c1nnc(NC(=O)C(C)(C)C)s1)c1ccccc1. The Hall–Kier alpha value is -1.84. The molecular formula is C18H26N4O3S2. The highest BCUT2D eigenvalue weighted by molar-refractivity contribution is 7.91. The number of rotatable bonds is 7. The molecule has 1 heterocycles. The molecule has 7 nitrogen and oxygen atoms in total.